The molecule has 0 rings (SSSR count). The van der Waals surface area contributed by atoms with E-state index in [9.17, 15) is 0 Å². The number of rotatable bonds is 9. The van der Waals surface area contributed by atoms with Gasteiger partial charge < -0.3 is 4.74 Å². The normalized spacial score (nSPS) is 10.5. The first-order valence-corrected chi connectivity index (χ1v) is 5.49. The van der Waals surface area contributed by atoms with Crippen LogP contribution in [-0.4, -0.2) is 13.2 Å². The molecule has 0 aromatic heterocycles. The van der Waals surface area contributed by atoms with E-state index in [1.807, 2.05) is 0 Å². The Morgan fingerprint density at radius 3 is 1.92 bits per heavy atom. The first-order valence-electron chi connectivity index (χ1n) is 5.49. The minimum atomic E-state index is 0.963. The van der Waals surface area contributed by atoms with Gasteiger partial charge in [-0.1, -0.05) is 46.0 Å². The van der Waals surface area contributed by atoms with E-state index in [-0.39, 0.29) is 0 Å². The van der Waals surface area contributed by atoms with Crippen LogP contribution in [0.4, 0.5) is 0 Å². The molecule has 1 nitrogen and oxygen atoms in total. The Balaban J connectivity index is 2.73. The molecule has 0 spiro atoms. The van der Waals surface area contributed by atoms with E-state index in [0.29, 0.717) is 0 Å². The number of unbranched alkanes of at least 4 members (excludes halogenated alkanes) is 5. The second-order valence-corrected chi connectivity index (χ2v) is 3.38. The molecular formula is C11H24O. The molecule has 0 heterocycles. The number of ether oxygens (including phenoxy) is 1. The molecule has 0 atom stereocenters. The van der Waals surface area contributed by atoms with Gasteiger partial charge in [-0.3, -0.25) is 0 Å². The molecule has 1 heteroatoms. The second kappa shape index (κ2) is 11.0. The van der Waals surface area contributed by atoms with Gasteiger partial charge in [-0.2, -0.15) is 0 Å². The van der Waals surface area contributed by atoms with Gasteiger partial charge in [0.05, 0.1) is 0 Å². The molecule has 0 unspecified atom stereocenters. The van der Waals surface area contributed by atoms with Crippen molar-refractivity contribution in [1.82, 2.24) is 0 Å². The quantitative estimate of drug-likeness (QED) is 0.481. The van der Waals surface area contributed by atoms with Crippen LogP contribution in [0.5, 0.6) is 0 Å². The molecule has 12 heavy (non-hydrogen) atoms. The summed E-state index contributed by atoms with van der Waals surface area (Å²) in [4.78, 5) is 0. The Morgan fingerprint density at radius 2 is 1.25 bits per heavy atom. The molecule has 0 N–H and O–H groups in total. The van der Waals surface area contributed by atoms with Gasteiger partial charge in [-0.25, -0.2) is 0 Å². The van der Waals surface area contributed by atoms with Crippen LogP contribution in [0.15, 0.2) is 0 Å². The van der Waals surface area contributed by atoms with Gasteiger partial charge in [0.15, 0.2) is 0 Å². The average molecular weight is 172 g/mol. The zero-order valence-corrected chi connectivity index (χ0v) is 8.77. The van der Waals surface area contributed by atoms with E-state index >= 15 is 0 Å². The molecule has 0 bridgehead atoms. The average Bonchev–Trinajstić information content (AvgIpc) is 2.10. The van der Waals surface area contributed by atoms with E-state index in [1.165, 1.54) is 44.9 Å². The highest BCUT2D eigenvalue weighted by Crippen LogP contribution is 2.02. The molecule has 74 valence electrons. The van der Waals surface area contributed by atoms with Crippen molar-refractivity contribution in [3.8, 4) is 0 Å². The molecule has 0 aromatic carbocycles. The van der Waals surface area contributed by atoms with Crippen molar-refractivity contribution < 1.29 is 4.74 Å². The minimum Gasteiger partial charge on any atom is -0.381 e. The predicted octanol–water partition coefficient (Wildman–Crippen LogP) is 3.77. The second-order valence-electron chi connectivity index (χ2n) is 3.38. The summed E-state index contributed by atoms with van der Waals surface area (Å²) in [6, 6.07) is 0. The fraction of sp³-hybridized carbons (Fsp3) is 1.00. The van der Waals surface area contributed by atoms with Crippen LogP contribution in [-0.2, 0) is 4.74 Å². The fourth-order valence-corrected chi connectivity index (χ4v) is 1.16. The molecule has 0 fully saturated rings. The number of hydrogen-bond acceptors (Lipinski definition) is 1. The van der Waals surface area contributed by atoms with Gasteiger partial charge in [-0.15, -0.1) is 0 Å². The maximum Gasteiger partial charge on any atom is 0.0466 e. The van der Waals surface area contributed by atoms with Crippen molar-refractivity contribution in [2.75, 3.05) is 13.2 Å². The third-order valence-corrected chi connectivity index (χ3v) is 2.03. The van der Waals surface area contributed by atoms with Crippen molar-refractivity contribution in [3.05, 3.63) is 0 Å². The zero-order chi connectivity index (χ0) is 9.07. The smallest absolute Gasteiger partial charge is 0.0466 e. The minimum absolute atomic E-state index is 0.963. The highest BCUT2D eigenvalue weighted by Gasteiger charge is 1.89. The summed E-state index contributed by atoms with van der Waals surface area (Å²) in [5.74, 6) is 0. The number of hydrogen-bond donors (Lipinski definition) is 0. The van der Waals surface area contributed by atoms with Crippen LogP contribution < -0.4 is 0 Å². The van der Waals surface area contributed by atoms with Crippen LogP contribution in [0.25, 0.3) is 0 Å². The highest BCUT2D eigenvalue weighted by molar-refractivity contribution is 4.41. The van der Waals surface area contributed by atoms with Gasteiger partial charge >= 0.3 is 0 Å². The summed E-state index contributed by atoms with van der Waals surface area (Å²) >= 11 is 0. The Bertz CT molecular complexity index is 61.4. The van der Waals surface area contributed by atoms with Crippen molar-refractivity contribution in [2.24, 2.45) is 0 Å². The van der Waals surface area contributed by atoms with E-state index in [0.717, 1.165) is 13.2 Å². The van der Waals surface area contributed by atoms with Gasteiger partial charge in [0.2, 0.25) is 0 Å². The SMILES string of the molecule is CCCCCCCOCCCC. The van der Waals surface area contributed by atoms with Crippen molar-refractivity contribution in [2.45, 2.75) is 58.8 Å². The molecule has 0 amide bonds. The highest BCUT2D eigenvalue weighted by atomic mass is 16.5. The molecule has 0 radical (unpaired) electrons. The summed E-state index contributed by atoms with van der Waals surface area (Å²) < 4.78 is 5.45. The lowest BCUT2D eigenvalue weighted by Gasteiger charge is -2.02. The zero-order valence-electron chi connectivity index (χ0n) is 8.77. The van der Waals surface area contributed by atoms with E-state index in [2.05, 4.69) is 13.8 Å². The van der Waals surface area contributed by atoms with E-state index in [1.54, 1.807) is 0 Å². The molecule has 0 aliphatic carbocycles. The van der Waals surface area contributed by atoms with Crippen LogP contribution in [0, 0.1) is 0 Å². The molecule has 0 aliphatic heterocycles. The predicted molar refractivity (Wildman–Crippen MR) is 54.5 cm³/mol. The lowest BCUT2D eigenvalue weighted by molar-refractivity contribution is 0.127. The van der Waals surface area contributed by atoms with Crippen molar-refractivity contribution >= 4 is 0 Å². The van der Waals surface area contributed by atoms with Crippen LogP contribution in [0.1, 0.15) is 58.8 Å². The lowest BCUT2D eigenvalue weighted by Crippen LogP contribution is -1.96. The largest absolute Gasteiger partial charge is 0.381 e. The summed E-state index contributed by atoms with van der Waals surface area (Å²) in [7, 11) is 0. The Kier molecular flexibility index (Phi) is 10.9. The van der Waals surface area contributed by atoms with E-state index in [4.69, 9.17) is 4.74 Å². The molecule has 0 aliphatic rings. The summed E-state index contributed by atoms with van der Waals surface area (Å²) in [6.45, 7) is 6.39. The monoisotopic (exact) mass is 172 g/mol. The molecular weight excluding hydrogens is 148 g/mol. The molecule has 0 saturated heterocycles. The van der Waals surface area contributed by atoms with Gasteiger partial charge in [0.1, 0.15) is 0 Å². The maximum absolute atomic E-state index is 5.45. The molecule has 0 saturated carbocycles. The standard InChI is InChI=1S/C11H24O/c1-3-5-7-8-9-11-12-10-6-4-2/h3-11H2,1-2H3. The Hall–Kier alpha value is -0.0400. The fourth-order valence-electron chi connectivity index (χ4n) is 1.16. The van der Waals surface area contributed by atoms with Crippen molar-refractivity contribution in [1.29, 1.82) is 0 Å². The van der Waals surface area contributed by atoms with Crippen LogP contribution in [0.2, 0.25) is 0 Å². The van der Waals surface area contributed by atoms with Gasteiger partial charge in [0, 0.05) is 13.2 Å². The summed E-state index contributed by atoms with van der Waals surface area (Å²) in [5.41, 5.74) is 0. The third-order valence-electron chi connectivity index (χ3n) is 2.03. The first kappa shape index (κ1) is 12.0. The Labute approximate surface area is 77.5 Å². The summed E-state index contributed by atoms with van der Waals surface area (Å²) in [5, 5.41) is 0. The first-order chi connectivity index (χ1) is 5.91. The lowest BCUT2D eigenvalue weighted by atomic mass is 10.2. The van der Waals surface area contributed by atoms with Crippen LogP contribution >= 0.6 is 0 Å². The topological polar surface area (TPSA) is 9.23 Å². The summed E-state index contributed by atoms with van der Waals surface area (Å²) in [6.07, 6.45) is 9.16. The van der Waals surface area contributed by atoms with Gasteiger partial charge in [-0.05, 0) is 12.8 Å². The Morgan fingerprint density at radius 1 is 0.667 bits per heavy atom. The molecule has 0 aromatic rings. The van der Waals surface area contributed by atoms with E-state index < -0.39 is 0 Å². The maximum atomic E-state index is 5.45. The van der Waals surface area contributed by atoms with Crippen LogP contribution in [0.3, 0.4) is 0 Å². The van der Waals surface area contributed by atoms with Gasteiger partial charge in [0.25, 0.3) is 0 Å². The third kappa shape index (κ3) is 9.96. The van der Waals surface area contributed by atoms with Crippen molar-refractivity contribution in [3.63, 3.8) is 0 Å².